The van der Waals surface area contributed by atoms with Gasteiger partial charge < -0.3 is 14.8 Å². The van der Waals surface area contributed by atoms with Gasteiger partial charge in [-0.2, -0.15) is 0 Å². The molecule has 2 aromatic carbocycles. The molecule has 0 fully saturated rings. The Morgan fingerprint density at radius 3 is 2.62 bits per heavy atom. The van der Waals surface area contributed by atoms with Gasteiger partial charge in [-0.05, 0) is 37.6 Å². The number of nitrogens with one attached hydrogen (secondary N) is 1. The van der Waals surface area contributed by atoms with Crippen LogP contribution in [0.15, 0.2) is 42.5 Å². The quantitative estimate of drug-likeness (QED) is 0.857. The van der Waals surface area contributed by atoms with Crippen LogP contribution < -0.4 is 10.1 Å². The lowest BCUT2D eigenvalue weighted by molar-refractivity contribution is 0.185. The fourth-order valence-corrected chi connectivity index (χ4v) is 2.44. The summed E-state index contributed by atoms with van der Waals surface area (Å²) in [5, 5.41) is 3.52. The summed E-state index contributed by atoms with van der Waals surface area (Å²) in [5.74, 6) is 0.911. The molecule has 21 heavy (non-hydrogen) atoms. The monoisotopic (exact) mass is 285 g/mol. The summed E-state index contributed by atoms with van der Waals surface area (Å²) in [7, 11) is 3.42. The van der Waals surface area contributed by atoms with Gasteiger partial charge in [0, 0.05) is 18.4 Å². The molecule has 3 heteroatoms. The van der Waals surface area contributed by atoms with Crippen molar-refractivity contribution in [2.45, 2.75) is 26.5 Å². The number of rotatable bonds is 6. The van der Waals surface area contributed by atoms with Crippen LogP contribution in [0.5, 0.6) is 5.75 Å². The van der Waals surface area contributed by atoms with Crippen molar-refractivity contribution >= 4 is 5.69 Å². The number of anilines is 1. The van der Waals surface area contributed by atoms with E-state index >= 15 is 0 Å². The number of hydrogen-bond acceptors (Lipinski definition) is 3. The lowest BCUT2D eigenvalue weighted by Crippen LogP contribution is -2.08. The third kappa shape index (κ3) is 3.99. The molecule has 0 bridgehead atoms. The van der Waals surface area contributed by atoms with Gasteiger partial charge in [-0.25, -0.2) is 0 Å². The number of methoxy groups -OCH3 is 2. The summed E-state index contributed by atoms with van der Waals surface area (Å²) in [6.45, 7) is 4.85. The molecule has 0 amide bonds. The van der Waals surface area contributed by atoms with E-state index in [0.717, 1.165) is 22.6 Å². The van der Waals surface area contributed by atoms with E-state index in [4.69, 9.17) is 9.47 Å². The van der Waals surface area contributed by atoms with Crippen LogP contribution in [0.4, 0.5) is 5.69 Å². The second kappa shape index (κ2) is 7.14. The first-order chi connectivity index (χ1) is 10.1. The zero-order chi connectivity index (χ0) is 15.2. The van der Waals surface area contributed by atoms with Crippen LogP contribution in [0, 0.1) is 6.92 Å². The molecule has 0 radical (unpaired) electrons. The Hall–Kier alpha value is -2.00. The molecule has 0 aliphatic rings. The first-order valence-electron chi connectivity index (χ1n) is 7.13. The summed E-state index contributed by atoms with van der Waals surface area (Å²) in [4.78, 5) is 0. The third-order valence-corrected chi connectivity index (χ3v) is 3.47. The molecule has 0 aliphatic heterocycles. The normalized spacial score (nSPS) is 12.0. The first kappa shape index (κ1) is 15.4. The topological polar surface area (TPSA) is 30.5 Å². The standard InChI is InChI=1S/C18H23NO2/c1-13-8-9-18(21-4)17(10-13)14(2)19-16-7-5-6-15(11-16)12-20-3/h5-11,14,19H,12H2,1-4H3. The predicted octanol–water partition coefficient (Wildman–Crippen LogP) is 4.32. The summed E-state index contributed by atoms with van der Waals surface area (Å²) < 4.78 is 10.6. The van der Waals surface area contributed by atoms with Gasteiger partial charge >= 0.3 is 0 Å². The van der Waals surface area contributed by atoms with Crippen molar-refractivity contribution in [1.29, 1.82) is 0 Å². The molecule has 0 aromatic heterocycles. The zero-order valence-corrected chi connectivity index (χ0v) is 13.1. The van der Waals surface area contributed by atoms with E-state index in [9.17, 15) is 0 Å². The molecule has 1 N–H and O–H groups in total. The minimum Gasteiger partial charge on any atom is -0.496 e. The minimum absolute atomic E-state index is 0.164. The van der Waals surface area contributed by atoms with Crippen LogP contribution in [-0.2, 0) is 11.3 Å². The molecule has 0 saturated heterocycles. The largest absolute Gasteiger partial charge is 0.496 e. The van der Waals surface area contributed by atoms with Gasteiger partial charge in [-0.15, -0.1) is 0 Å². The fraction of sp³-hybridized carbons (Fsp3) is 0.333. The van der Waals surface area contributed by atoms with Gasteiger partial charge in [-0.3, -0.25) is 0 Å². The van der Waals surface area contributed by atoms with E-state index < -0.39 is 0 Å². The molecule has 0 aliphatic carbocycles. The van der Waals surface area contributed by atoms with Crippen LogP contribution in [0.25, 0.3) is 0 Å². The molecule has 0 heterocycles. The highest BCUT2D eigenvalue weighted by Crippen LogP contribution is 2.28. The molecule has 0 spiro atoms. The predicted molar refractivity (Wildman–Crippen MR) is 86.9 cm³/mol. The smallest absolute Gasteiger partial charge is 0.124 e. The van der Waals surface area contributed by atoms with Gasteiger partial charge in [-0.1, -0.05) is 29.8 Å². The second-order valence-electron chi connectivity index (χ2n) is 5.24. The Morgan fingerprint density at radius 2 is 1.90 bits per heavy atom. The van der Waals surface area contributed by atoms with Crippen LogP contribution in [0.3, 0.4) is 0 Å². The molecule has 112 valence electrons. The summed E-state index contributed by atoms with van der Waals surface area (Å²) >= 11 is 0. The molecule has 1 atom stereocenters. The first-order valence-corrected chi connectivity index (χ1v) is 7.13. The van der Waals surface area contributed by atoms with Gasteiger partial charge in [0.2, 0.25) is 0 Å². The van der Waals surface area contributed by atoms with Gasteiger partial charge in [0.05, 0.1) is 19.8 Å². The van der Waals surface area contributed by atoms with Crippen molar-refractivity contribution < 1.29 is 9.47 Å². The molecule has 3 nitrogen and oxygen atoms in total. The Kier molecular flexibility index (Phi) is 5.23. The Bertz CT molecular complexity index is 596. The SMILES string of the molecule is COCc1cccc(NC(C)c2cc(C)ccc2OC)c1. The number of benzene rings is 2. The van der Waals surface area contributed by atoms with Gasteiger partial charge in [0.15, 0.2) is 0 Å². The molecule has 1 unspecified atom stereocenters. The maximum atomic E-state index is 5.46. The molecular formula is C18H23NO2. The highest BCUT2D eigenvalue weighted by molar-refractivity contribution is 5.50. The minimum atomic E-state index is 0.164. The lowest BCUT2D eigenvalue weighted by Gasteiger charge is -2.19. The van der Waals surface area contributed by atoms with E-state index in [2.05, 4.69) is 49.5 Å². The van der Waals surface area contributed by atoms with E-state index in [1.807, 2.05) is 12.1 Å². The summed E-state index contributed by atoms with van der Waals surface area (Å²) in [6.07, 6.45) is 0. The van der Waals surface area contributed by atoms with Crippen molar-refractivity contribution in [3.63, 3.8) is 0 Å². The van der Waals surface area contributed by atoms with E-state index in [0.29, 0.717) is 6.61 Å². The van der Waals surface area contributed by atoms with E-state index in [1.54, 1.807) is 14.2 Å². The Labute approximate surface area is 126 Å². The molecule has 2 rings (SSSR count). The highest BCUT2D eigenvalue weighted by Gasteiger charge is 2.11. The Balaban J connectivity index is 2.19. The van der Waals surface area contributed by atoms with Crippen LogP contribution in [0.1, 0.15) is 29.7 Å². The summed E-state index contributed by atoms with van der Waals surface area (Å²) in [5.41, 5.74) is 4.63. The third-order valence-electron chi connectivity index (χ3n) is 3.47. The molecule has 0 saturated carbocycles. The molecular weight excluding hydrogens is 262 g/mol. The number of ether oxygens (including phenoxy) is 2. The Morgan fingerprint density at radius 1 is 1.10 bits per heavy atom. The molecule has 2 aromatic rings. The van der Waals surface area contributed by atoms with Crippen molar-refractivity contribution in [2.24, 2.45) is 0 Å². The van der Waals surface area contributed by atoms with Gasteiger partial charge in [0.25, 0.3) is 0 Å². The lowest BCUT2D eigenvalue weighted by atomic mass is 10.0. The van der Waals surface area contributed by atoms with Crippen LogP contribution in [-0.4, -0.2) is 14.2 Å². The van der Waals surface area contributed by atoms with Crippen molar-refractivity contribution in [3.05, 3.63) is 59.2 Å². The van der Waals surface area contributed by atoms with E-state index in [1.165, 1.54) is 5.56 Å². The van der Waals surface area contributed by atoms with Crippen LogP contribution in [0.2, 0.25) is 0 Å². The highest BCUT2D eigenvalue weighted by atomic mass is 16.5. The maximum absolute atomic E-state index is 5.46. The van der Waals surface area contributed by atoms with Crippen LogP contribution >= 0.6 is 0 Å². The average molecular weight is 285 g/mol. The van der Waals surface area contributed by atoms with Crippen molar-refractivity contribution in [3.8, 4) is 5.75 Å². The number of hydrogen-bond donors (Lipinski definition) is 1. The van der Waals surface area contributed by atoms with E-state index in [-0.39, 0.29) is 6.04 Å². The maximum Gasteiger partial charge on any atom is 0.124 e. The van der Waals surface area contributed by atoms with Gasteiger partial charge in [0.1, 0.15) is 5.75 Å². The van der Waals surface area contributed by atoms with Crippen molar-refractivity contribution in [2.75, 3.05) is 19.5 Å². The second-order valence-corrected chi connectivity index (χ2v) is 5.24. The average Bonchev–Trinajstić information content (AvgIpc) is 2.48. The zero-order valence-electron chi connectivity index (χ0n) is 13.1. The van der Waals surface area contributed by atoms with Crippen molar-refractivity contribution in [1.82, 2.24) is 0 Å². The summed E-state index contributed by atoms with van der Waals surface area (Å²) in [6, 6.07) is 14.7. The number of aryl methyl sites for hydroxylation is 1. The fourth-order valence-electron chi connectivity index (χ4n) is 2.44.